The number of halogens is 1. The summed E-state index contributed by atoms with van der Waals surface area (Å²) in [6.45, 7) is 1.47. The van der Waals surface area contributed by atoms with E-state index in [0.29, 0.717) is 22.8 Å². The normalized spacial score (nSPS) is 18.7. The van der Waals surface area contributed by atoms with Crippen molar-refractivity contribution in [1.82, 2.24) is 5.32 Å². The molecular formula is C14H19ClN4O. The highest BCUT2D eigenvalue weighted by Crippen LogP contribution is 2.32. The van der Waals surface area contributed by atoms with E-state index in [2.05, 4.69) is 10.2 Å². The van der Waals surface area contributed by atoms with Crippen LogP contribution in [0.5, 0.6) is 0 Å². The van der Waals surface area contributed by atoms with Gasteiger partial charge in [-0.15, -0.1) is 0 Å². The summed E-state index contributed by atoms with van der Waals surface area (Å²) in [5.74, 6) is 0.0219. The summed E-state index contributed by atoms with van der Waals surface area (Å²) < 4.78 is 0. The van der Waals surface area contributed by atoms with Gasteiger partial charge in [-0.1, -0.05) is 11.6 Å². The molecule has 1 aliphatic heterocycles. The summed E-state index contributed by atoms with van der Waals surface area (Å²) in [4.78, 5) is 13.9. The Kier molecular flexibility index (Phi) is 4.49. The van der Waals surface area contributed by atoms with Crippen LogP contribution in [0.25, 0.3) is 0 Å². The number of nitrogens with two attached hydrogens (primary N) is 1. The molecular weight excluding hydrogens is 276 g/mol. The maximum atomic E-state index is 11.8. The van der Waals surface area contributed by atoms with Gasteiger partial charge in [-0.25, -0.2) is 0 Å². The van der Waals surface area contributed by atoms with Crippen LogP contribution in [0.3, 0.4) is 0 Å². The number of hydrogen-bond donors (Lipinski definition) is 3. The van der Waals surface area contributed by atoms with Gasteiger partial charge in [0.15, 0.2) is 0 Å². The minimum atomic E-state index is -0.0347. The quantitative estimate of drug-likeness (QED) is 0.588. The Labute approximate surface area is 123 Å². The summed E-state index contributed by atoms with van der Waals surface area (Å²) in [6.07, 6.45) is 3.05. The SMILES string of the molecule is CNC(=O)C1CCCN(c2cc(Cl)cc(N)c2C=N)C1. The Morgan fingerprint density at radius 3 is 3.00 bits per heavy atom. The lowest BCUT2D eigenvalue weighted by Crippen LogP contribution is -2.42. The van der Waals surface area contributed by atoms with Crippen LogP contribution in [-0.2, 0) is 4.79 Å². The van der Waals surface area contributed by atoms with E-state index < -0.39 is 0 Å². The molecule has 0 aromatic heterocycles. The fraction of sp³-hybridized carbons (Fsp3) is 0.429. The molecule has 20 heavy (non-hydrogen) atoms. The third-order valence-corrected chi connectivity index (χ3v) is 3.90. The van der Waals surface area contributed by atoms with Gasteiger partial charge in [-0.2, -0.15) is 0 Å². The number of carbonyl (C=O) groups excluding carboxylic acids is 1. The maximum absolute atomic E-state index is 11.8. The topological polar surface area (TPSA) is 82.2 Å². The van der Waals surface area contributed by atoms with E-state index in [9.17, 15) is 4.79 Å². The van der Waals surface area contributed by atoms with Crippen molar-refractivity contribution in [3.05, 3.63) is 22.7 Å². The Morgan fingerprint density at radius 2 is 2.35 bits per heavy atom. The first-order chi connectivity index (χ1) is 9.56. The van der Waals surface area contributed by atoms with Crippen LogP contribution in [0, 0.1) is 11.3 Å². The predicted octanol–water partition coefficient (Wildman–Crippen LogP) is 1.88. The van der Waals surface area contributed by atoms with Crippen molar-refractivity contribution in [1.29, 1.82) is 5.41 Å². The summed E-state index contributed by atoms with van der Waals surface area (Å²) in [5, 5.41) is 10.8. The highest BCUT2D eigenvalue weighted by molar-refractivity contribution is 6.31. The second-order valence-corrected chi connectivity index (χ2v) is 5.41. The molecule has 1 heterocycles. The van der Waals surface area contributed by atoms with Crippen LogP contribution in [0.15, 0.2) is 12.1 Å². The predicted molar refractivity (Wildman–Crippen MR) is 82.8 cm³/mol. The number of hydrogen-bond acceptors (Lipinski definition) is 4. The van der Waals surface area contributed by atoms with Gasteiger partial charge in [-0.05, 0) is 25.0 Å². The van der Waals surface area contributed by atoms with E-state index in [0.717, 1.165) is 25.1 Å². The largest absolute Gasteiger partial charge is 0.398 e. The highest BCUT2D eigenvalue weighted by Gasteiger charge is 2.26. The Morgan fingerprint density at radius 1 is 1.60 bits per heavy atom. The van der Waals surface area contributed by atoms with Crippen LogP contribution in [0.4, 0.5) is 11.4 Å². The van der Waals surface area contributed by atoms with E-state index in [1.807, 2.05) is 6.07 Å². The van der Waals surface area contributed by atoms with E-state index in [1.54, 1.807) is 13.1 Å². The monoisotopic (exact) mass is 294 g/mol. The minimum Gasteiger partial charge on any atom is -0.398 e. The molecule has 1 fully saturated rings. The smallest absolute Gasteiger partial charge is 0.224 e. The number of carbonyl (C=O) groups is 1. The number of nitrogens with zero attached hydrogens (tertiary/aromatic N) is 1. The van der Waals surface area contributed by atoms with Crippen LogP contribution in [0.2, 0.25) is 5.02 Å². The number of nitrogens with one attached hydrogen (secondary N) is 2. The molecule has 0 aliphatic carbocycles. The standard InChI is InChI=1S/C14H19ClN4O/c1-18-14(20)9-3-2-4-19(8-9)13-6-10(15)5-12(17)11(13)7-16/h5-7,9,16H,2-4,8,17H2,1H3,(H,18,20). The van der Waals surface area contributed by atoms with Crippen LogP contribution >= 0.6 is 11.6 Å². The average molecular weight is 295 g/mol. The fourth-order valence-corrected chi connectivity index (χ4v) is 2.88. The lowest BCUT2D eigenvalue weighted by Gasteiger charge is -2.34. The number of piperidine rings is 1. The molecule has 0 bridgehead atoms. The molecule has 5 nitrogen and oxygen atoms in total. The third kappa shape index (κ3) is 2.88. The molecule has 1 atom stereocenters. The van der Waals surface area contributed by atoms with Gasteiger partial charge >= 0.3 is 0 Å². The number of rotatable bonds is 3. The lowest BCUT2D eigenvalue weighted by atomic mass is 9.96. The molecule has 1 aliphatic rings. The summed E-state index contributed by atoms with van der Waals surface area (Å²) in [7, 11) is 1.65. The van der Waals surface area contributed by atoms with Gasteiger partial charge in [0, 0.05) is 48.3 Å². The molecule has 0 saturated carbocycles. The second kappa shape index (κ2) is 6.13. The minimum absolute atomic E-state index is 0.0347. The molecule has 108 valence electrons. The van der Waals surface area contributed by atoms with Gasteiger partial charge in [0.25, 0.3) is 0 Å². The van der Waals surface area contributed by atoms with Gasteiger partial charge < -0.3 is 21.4 Å². The van der Waals surface area contributed by atoms with Gasteiger partial charge in [0.1, 0.15) is 0 Å². The number of benzene rings is 1. The fourth-order valence-electron chi connectivity index (χ4n) is 2.66. The average Bonchev–Trinajstić information content (AvgIpc) is 2.45. The Balaban J connectivity index is 2.31. The molecule has 0 radical (unpaired) electrons. The number of amides is 1. The van der Waals surface area contributed by atoms with E-state index in [1.165, 1.54) is 6.21 Å². The first kappa shape index (κ1) is 14.7. The maximum Gasteiger partial charge on any atom is 0.224 e. The highest BCUT2D eigenvalue weighted by atomic mass is 35.5. The molecule has 4 N–H and O–H groups in total. The molecule has 1 unspecified atom stereocenters. The van der Waals surface area contributed by atoms with Crippen molar-refractivity contribution < 1.29 is 4.79 Å². The summed E-state index contributed by atoms with van der Waals surface area (Å²) in [6, 6.07) is 3.45. The molecule has 0 spiro atoms. The Bertz CT molecular complexity index is 532. The zero-order chi connectivity index (χ0) is 14.7. The first-order valence-corrected chi connectivity index (χ1v) is 7.00. The van der Waals surface area contributed by atoms with Gasteiger partial charge in [0.2, 0.25) is 5.91 Å². The van der Waals surface area contributed by atoms with Crippen molar-refractivity contribution in [3.63, 3.8) is 0 Å². The lowest BCUT2D eigenvalue weighted by molar-refractivity contribution is -0.124. The molecule has 1 aromatic carbocycles. The first-order valence-electron chi connectivity index (χ1n) is 6.63. The van der Waals surface area contributed by atoms with Crippen molar-refractivity contribution in [2.75, 3.05) is 30.8 Å². The van der Waals surface area contributed by atoms with Crippen LogP contribution in [0.1, 0.15) is 18.4 Å². The zero-order valence-electron chi connectivity index (χ0n) is 11.4. The summed E-state index contributed by atoms with van der Waals surface area (Å²) in [5.41, 5.74) is 7.90. The molecule has 1 amide bonds. The molecule has 1 saturated heterocycles. The third-order valence-electron chi connectivity index (χ3n) is 3.68. The van der Waals surface area contributed by atoms with Crippen molar-refractivity contribution >= 4 is 35.1 Å². The van der Waals surface area contributed by atoms with Crippen molar-refractivity contribution in [3.8, 4) is 0 Å². The zero-order valence-corrected chi connectivity index (χ0v) is 12.2. The van der Waals surface area contributed by atoms with Crippen LogP contribution in [-0.4, -0.2) is 32.3 Å². The molecule has 6 heteroatoms. The van der Waals surface area contributed by atoms with E-state index in [-0.39, 0.29) is 11.8 Å². The molecule has 2 rings (SSSR count). The van der Waals surface area contributed by atoms with Crippen molar-refractivity contribution in [2.24, 2.45) is 5.92 Å². The number of anilines is 2. The van der Waals surface area contributed by atoms with Crippen LogP contribution < -0.4 is 16.0 Å². The molecule has 1 aromatic rings. The van der Waals surface area contributed by atoms with Crippen molar-refractivity contribution in [2.45, 2.75) is 12.8 Å². The van der Waals surface area contributed by atoms with E-state index in [4.69, 9.17) is 22.7 Å². The Hall–Kier alpha value is -1.75. The number of nitrogen functional groups attached to an aromatic ring is 1. The second-order valence-electron chi connectivity index (χ2n) is 4.97. The van der Waals surface area contributed by atoms with Gasteiger partial charge in [0.05, 0.1) is 5.92 Å². The van der Waals surface area contributed by atoms with E-state index >= 15 is 0 Å². The van der Waals surface area contributed by atoms with Gasteiger partial charge in [-0.3, -0.25) is 4.79 Å². The summed E-state index contributed by atoms with van der Waals surface area (Å²) >= 11 is 6.06.